The van der Waals surface area contributed by atoms with Crippen molar-refractivity contribution in [1.29, 1.82) is 0 Å². The largest absolute Gasteiger partial charge is 0.326 e. The van der Waals surface area contributed by atoms with E-state index in [-0.39, 0.29) is 24.5 Å². The first-order chi connectivity index (χ1) is 10.1. The molecule has 0 aliphatic heterocycles. The van der Waals surface area contributed by atoms with E-state index in [2.05, 4.69) is 5.32 Å². The second-order valence-corrected chi connectivity index (χ2v) is 5.08. The van der Waals surface area contributed by atoms with Gasteiger partial charge >= 0.3 is 0 Å². The molecule has 0 radical (unpaired) electrons. The lowest BCUT2D eigenvalue weighted by Gasteiger charge is -2.10. The van der Waals surface area contributed by atoms with Crippen molar-refractivity contribution in [3.05, 3.63) is 65.2 Å². The molecule has 0 unspecified atom stereocenters. The van der Waals surface area contributed by atoms with Gasteiger partial charge in [-0.05, 0) is 31.0 Å². The van der Waals surface area contributed by atoms with Crippen molar-refractivity contribution < 1.29 is 9.59 Å². The van der Waals surface area contributed by atoms with Gasteiger partial charge in [-0.1, -0.05) is 42.5 Å². The van der Waals surface area contributed by atoms with Crippen molar-refractivity contribution in [2.24, 2.45) is 0 Å². The summed E-state index contributed by atoms with van der Waals surface area (Å²) < 4.78 is 0. The maximum Gasteiger partial charge on any atom is 0.224 e. The van der Waals surface area contributed by atoms with Gasteiger partial charge in [0.2, 0.25) is 5.91 Å². The lowest BCUT2D eigenvalue weighted by molar-refractivity contribution is -0.116. The van der Waals surface area contributed by atoms with Crippen LogP contribution in [0.3, 0.4) is 0 Å². The van der Waals surface area contributed by atoms with E-state index in [0.717, 1.165) is 16.8 Å². The number of benzene rings is 2. The SMILES string of the molecule is Cc1cccc(NC(=O)CCC(=O)c2ccccc2)c1C. The first kappa shape index (κ1) is 15.0. The molecule has 0 saturated carbocycles. The molecule has 0 aromatic heterocycles. The highest BCUT2D eigenvalue weighted by molar-refractivity contribution is 6.00. The minimum absolute atomic E-state index is 0.00767. The maximum absolute atomic E-state index is 11.9. The summed E-state index contributed by atoms with van der Waals surface area (Å²) in [6.07, 6.45) is 0.418. The highest BCUT2D eigenvalue weighted by Gasteiger charge is 2.10. The van der Waals surface area contributed by atoms with Gasteiger partial charge < -0.3 is 5.32 Å². The summed E-state index contributed by atoms with van der Waals surface area (Å²) in [7, 11) is 0. The van der Waals surface area contributed by atoms with Gasteiger partial charge in [0.1, 0.15) is 0 Å². The fraction of sp³-hybridized carbons (Fsp3) is 0.222. The Hall–Kier alpha value is -2.42. The van der Waals surface area contributed by atoms with Gasteiger partial charge in [0.05, 0.1) is 0 Å². The Morgan fingerprint density at radius 1 is 0.905 bits per heavy atom. The smallest absolute Gasteiger partial charge is 0.224 e. The normalized spacial score (nSPS) is 10.2. The molecule has 3 nitrogen and oxygen atoms in total. The highest BCUT2D eigenvalue weighted by atomic mass is 16.2. The molecule has 3 heteroatoms. The van der Waals surface area contributed by atoms with Crippen LogP contribution in [0.15, 0.2) is 48.5 Å². The van der Waals surface area contributed by atoms with E-state index < -0.39 is 0 Å². The van der Waals surface area contributed by atoms with Crippen molar-refractivity contribution in [3.63, 3.8) is 0 Å². The number of carbonyl (C=O) groups excluding carboxylic acids is 2. The molecule has 0 atom stereocenters. The van der Waals surface area contributed by atoms with Crippen LogP contribution in [0.5, 0.6) is 0 Å². The Morgan fingerprint density at radius 3 is 2.33 bits per heavy atom. The van der Waals surface area contributed by atoms with Crippen LogP contribution in [0.2, 0.25) is 0 Å². The summed E-state index contributed by atoms with van der Waals surface area (Å²) in [6, 6.07) is 14.8. The number of anilines is 1. The number of ketones is 1. The molecule has 2 rings (SSSR count). The van der Waals surface area contributed by atoms with Crippen LogP contribution in [0.4, 0.5) is 5.69 Å². The van der Waals surface area contributed by atoms with E-state index in [9.17, 15) is 9.59 Å². The monoisotopic (exact) mass is 281 g/mol. The maximum atomic E-state index is 11.9. The number of rotatable bonds is 5. The Morgan fingerprint density at radius 2 is 1.62 bits per heavy atom. The molecule has 0 bridgehead atoms. The third kappa shape index (κ3) is 4.02. The summed E-state index contributed by atoms with van der Waals surface area (Å²) in [4.78, 5) is 23.9. The third-order valence-electron chi connectivity index (χ3n) is 3.55. The first-order valence-electron chi connectivity index (χ1n) is 7.02. The zero-order valence-corrected chi connectivity index (χ0v) is 12.3. The van der Waals surface area contributed by atoms with Crippen LogP contribution in [0, 0.1) is 13.8 Å². The van der Waals surface area contributed by atoms with Crippen LogP contribution in [0.25, 0.3) is 0 Å². The molecule has 0 heterocycles. The lowest BCUT2D eigenvalue weighted by atomic mass is 10.1. The molecule has 1 N–H and O–H groups in total. The molecule has 0 fully saturated rings. The summed E-state index contributed by atoms with van der Waals surface area (Å²) in [5, 5.41) is 2.87. The van der Waals surface area contributed by atoms with Gasteiger partial charge in [-0.3, -0.25) is 9.59 Å². The minimum atomic E-state index is -0.131. The number of carbonyl (C=O) groups is 2. The molecule has 0 aliphatic carbocycles. The Labute approximate surface area is 125 Å². The van der Waals surface area contributed by atoms with Gasteiger partial charge in [0.25, 0.3) is 0 Å². The van der Waals surface area contributed by atoms with E-state index >= 15 is 0 Å². The quantitative estimate of drug-likeness (QED) is 0.845. The van der Waals surface area contributed by atoms with E-state index in [1.54, 1.807) is 12.1 Å². The second-order valence-electron chi connectivity index (χ2n) is 5.08. The molecule has 0 saturated heterocycles. The van der Waals surface area contributed by atoms with E-state index in [0.29, 0.717) is 5.56 Å². The molecule has 2 aromatic carbocycles. The zero-order valence-electron chi connectivity index (χ0n) is 12.3. The number of amides is 1. The van der Waals surface area contributed by atoms with E-state index in [1.165, 1.54) is 0 Å². The Kier molecular flexibility index (Phi) is 4.88. The average molecular weight is 281 g/mol. The van der Waals surface area contributed by atoms with Crippen LogP contribution >= 0.6 is 0 Å². The fourth-order valence-corrected chi connectivity index (χ4v) is 2.09. The number of hydrogen-bond acceptors (Lipinski definition) is 2. The average Bonchev–Trinajstić information content (AvgIpc) is 2.50. The number of aryl methyl sites for hydroxylation is 1. The first-order valence-corrected chi connectivity index (χ1v) is 7.02. The standard InChI is InChI=1S/C18H19NO2/c1-13-7-6-10-16(14(13)2)19-18(21)12-11-17(20)15-8-4-3-5-9-15/h3-10H,11-12H2,1-2H3,(H,19,21). The number of hydrogen-bond donors (Lipinski definition) is 1. The fourth-order valence-electron chi connectivity index (χ4n) is 2.09. The number of nitrogens with one attached hydrogen (secondary N) is 1. The summed E-state index contributed by atoms with van der Waals surface area (Å²) in [5.74, 6) is -0.139. The minimum Gasteiger partial charge on any atom is -0.326 e. The van der Waals surface area contributed by atoms with Gasteiger partial charge in [0, 0.05) is 24.1 Å². The highest BCUT2D eigenvalue weighted by Crippen LogP contribution is 2.18. The molecule has 0 aliphatic rings. The molecular formula is C18H19NO2. The van der Waals surface area contributed by atoms with Gasteiger partial charge in [0.15, 0.2) is 5.78 Å². The van der Waals surface area contributed by atoms with Crippen LogP contribution < -0.4 is 5.32 Å². The molecule has 21 heavy (non-hydrogen) atoms. The van der Waals surface area contributed by atoms with Crippen LogP contribution in [-0.2, 0) is 4.79 Å². The Bertz CT molecular complexity index is 648. The molecule has 0 spiro atoms. The van der Waals surface area contributed by atoms with Gasteiger partial charge in [-0.25, -0.2) is 0 Å². The lowest BCUT2D eigenvalue weighted by Crippen LogP contribution is -2.14. The molecule has 108 valence electrons. The number of Topliss-reactive ketones (excluding diaryl/α,β-unsaturated/α-hetero) is 1. The van der Waals surface area contributed by atoms with Crippen molar-refractivity contribution in [2.45, 2.75) is 26.7 Å². The van der Waals surface area contributed by atoms with E-state index in [4.69, 9.17) is 0 Å². The second kappa shape index (κ2) is 6.84. The topological polar surface area (TPSA) is 46.2 Å². The van der Waals surface area contributed by atoms with Gasteiger partial charge in [-0.15, -0.1) is 0 Å². The third-order valence-corrected chi connectivity index (χ3v) is 3.55. The molecule has 1 amide bonds. The molecular weight excluding hydrogens is 262 g/mol. The summed E-state index contributed by atoms with van der Waals surface area (Å²) in [5.41, 5.74) is 3.65. The van der Waals surface area contributed by atoms with Crippen LogP contribution in [0.1, 0.15) is 34.3 Å². The van der Waals surface area contributed by atoms with Crippen molar-refractivity contribution in [3.8, 4) is 0 Å². The summed E-state index contributed by atoms with van der Waals surface area (Å²) in [6.45, 7) is 3.98. The summed E-state index contributed by atoms with van der Waals surface area (Å²) >= 11 is 0. The van der Waals surface area contributed by atoms with Crippen LogP contribution in [-0.4, -0.2) is 11.7 Å². The van der Waals surface area contributed by atoms with Crippen molar-refractivity contribution in [2.75, 3.05) is 5.32 Å². The predicted octanol–water partition coefficient (Wildman–Crippen LogP) is 3.91. The molecule has 2 aromatic rings. The van der Waals surface area contributed by atoms with Crippen molar-refractivity contribution >= 4 is 17.4 Å². The van der Waals surface area contributed by atoms with Crippen molar-refractivity contribution in [1.82, 2.24) is 0 Å². The van der Waals surface area contributed by atoms with Gasteiger partial charge in [-0.2, -0.15) is 0 Å². The predicted molar refractivity (Wildman–Crippen MR) is 84.6 cm³/mol. The Balaban J connectivity index is 1.91. The zero-order chi connectivity index (χ0) is 15.2. The van der Waals surface area contributed by atoms with E-state index in [1.807, 2.05) is 50.2 Å².